The Labute approximate surface area is 219 Å². The number of likely N-dealkylation sites (tertiary alicyclic amines) is 1. The smallest absolute Gasteiger partial charge is 0.225 e. The lowest BCUT2D eigenvalue weighted by atomic mass is 9.91. The van der Waals surface area contributed by atoms with Gasteiger partial charge in [-0.2, -0.15) is 15.3 Å². The first kappa shape index (κ1) is 25.4. The zero-order chi connectivity index (χ0) is 25.8. The van der Waals surface area contributed by atoms with Gasteiger partial charge >= 0.3 is 0 Å². The molecule has 4 N–H and O–H groups in total. The molecule has 1 aliphatic heterocycles. The average molecular weight is 502 g/mol. The molecule has 0 bridgehead atoms. The SMILES string of the molecule is CCC1CCC(NCCC#N)CC(Nc2nc(Nc3cc(C)[nH]n3)c3ccc(C4CN(C)C4)cc3n2)C1. The van der Waals surface area contributed by atoms with Crippen molar-refractivity contribution in [2.45, 2.75) is 70.4 Å². The number of aryl methyl sites for hydroxylation is 1. The van der Waals surface area contributed by atoms with Crippen molar-refractivity contribution in [3.8, 4) is 6.07 Å². The molecule has 9 heteroatoms. The molecule has 0 spiro atoms. The fourth-order valence-corrected chi connectivity index (χ4v) is 5.78. The van der Waals surface area contributed by atoms with Crippen molar-refractivity contribution in [3.63, 3.8) is 0 Å². The van der Waals surface area contributed by atoms with E-state index in [1.165, 1.54) is 18.4 Å². The molecule has 5 rings (SSSR count). The molecule has 3 aromatic rings. The number of likely N-dealkylation sites (N-methyl/N-ethyl adjacent to an activating group) is 1. The molecule has 1 aromatic carbocycles. The lowest BCUT2D eigenvalue weighted by Crippen LogP contribution is -2.41. The lowest BCUT2D eigenvalue weighted by molar-refractivity contribution is 0.190. The number of hydrogen-bond acceptors (Lipinski definition) is 8. The minimum absolute atomic E-state index is 0.272. The predicted molar refractivity (Wildman–Crippen MR) is 148 cm³/mol. The van der Waals surface area contributed by atoms with Crippen molar-refractivity contribution in [1.29, 1.82) is 5.26 Å². The number of H-pyrrole nitrogens is 1. The van der Waals surface area contributed by atoms with Gasteiger partial charge in [0.15, 0.2) is 5.82 Å². The van der Waals surface area contributed by atoms with Gasteiger partial charge in [-0.1, -0.05) is 19.4 Å². The van der Waals surface area contributed by atoms with E-state index in [9.17, 15) is 0 Å². The molecule has 3 unspecified atom stereocenters. The zero-order valence-corrected chi connectivity index (χ0v) is 22.2. The normalized spacial score (nSPS) is 22.8. The molecule has 2 aliphatic rings. The Kier molecular flexibility index (Phi) is 7.87. The van der Waals surface area contributed by atoms with Crippen LogP contribution in [0.5, 0.6) is 0 Å². The number of anilines is 3. The van der Waals surface area contributed by atoms with Crippen LogP contribution in [0.3, 0.4) is 0 Å². The summed E-state index contributed by atoms with van der Waals surface area (Å²) < 4.78 is 0. The van der Waals surface area contributed by atoms with Gasteiger partial charge in [0.05, 0.1) is 11.6 Å². The highest BCUT2D eigenvalue weighted by molar-refractivity contribution is 5.92. The molecule has 1 saturated carbocycles. The summed E-state index contributed by atoms with van der Waals surface area (Å²) >= 11 is 0. The second-order valence-electron chi connectivity index (χ2n) is 10.9. The van der Waals surface area contributed by atoms with Crippen molar-refractivity contribution < 1.29 is 0 Å². The van der Waals surface area contributed by atoms with E-state index < -0.39 is 0 Å². The summed E-state index contributed by atoms with van der Waals surface area (Å²) in [5.74, 6) is 3.39. The molecule has 37 heavy (non-hydrogen) atoms. The number of nitrogens with zero attached hydrogens (tertiary/aromatic N) is 5. The number of benzene rings is 1. The van der Waals surface area contributed by atoms with E-state index >= 15 is 0 Å². The second-order valence-corrected chi connectivity index (χ2v) is 10.9. The van der Waals surface area contributed by atoms with E-state index in [1.54, 1.807) is 0 Å². The van der Waals surface area contributed by atoms with Crippen molar-refractivity contribution >= 4 is 28.5 Å². The van der Waals surface area contributed by atoms with Crippen LogP contribution in [-0.4, -0.2) is 63.8 Å². The number of nitriles is 1. The van der Waals surface area contributed by atoms with Crippen LogP contribution in [-0.2, 0) is 0 Å². The van der Waals surface area contributed by atoms with Gasteiger partial charge in [0.25, 0.3) is 0 Å². The second kappa shape index (κ2) is 11.4. The Morgan fingerprint density at radius 2 is 2.00 bits per heavy atom. The molecule has 196 valence electrons. The molecular formula is C28H39N9. The fraction of sp³-hybridized carbons (Fsp3) is 0.571. The standard InChI is InChI=1S/C28H39N9/c1-4-19-6-8-22(30-11-5-10-29)15-23(13-19)31-28-32-25-14-20(21-16-37(3)17-21)7-9-24(25)27(34-28)33-26-12-18(2)35-36-26/h7,9,12,14,19,21-23,30H,4-6,8,11,13,15-17H2,1-3H3,(H3,31,32,33,34,35,36). The van der Waals surface area contributed by atoms with Gasteiger partial charge in [0.1, 0.15) is 5.82 Å². The number of rotatable bonds is 9. The number of aromatic amines is 1. The number of aromatic nitrogens is 4. The van der Waals surface area contributed by atoms with Crippen LogP contribution in [0.25, 0.3) is 10.9 Å². The van der Waals surface area contributed by atoms with Gasteiger partial charge in [0.2, 0.25) is 5.95 Å². The quantitative estimate of drug-likeness (QED) is 0.246. The third-order valence-corrected chi connectivity index (χ3v) is 7.90. The summed E-state index contributed by atoms with van der Waals surface area (Å²) in [6.07, 6.45) is 6.17. The highest BCUT2D eigenvalue weighted by atomic mass is 15.2. The summed E-state index contributed by atoms with van der Waals surface area (Å²) in [4.78, 5) is 12.3. The van der Waals surface area contributed by atoms with Gasteiger partial charge in [-0.05, 0) is 63.3 Å². The van der Waals surface area contributed by atoms with Crippen LogP contribution >= 0.6 is 0 Å². The molecule has 0 amide bonds. The third kappa shape index (κ3) is 6.20. The van der Waals surface area contributed by atoms with Crippen molar-refractivity contribution in [1.82, 2.24) is 30.4 Å². The summed E-state index contributed by atoms with van der Waals surface area (Å²) in [7, 11) is 2.16. The third-order valence-electron chi connectivity index (χ3n) is 7.90. The topological polar surface area (TPSA) is 118 Å². The molecule has 0 radical (unpaired) electrons. The highest BCUT2D eigenvalue weighted by Gasteiger charge is 2.27. The van der Waals surface area contributed by atoms with Gasteiger partial charge in [-0.15, -0.1) is 0 Å². The van der Waals surface area contributed by atoms with Crippen LogP contribution in [0.4, 0.5) is 17.6 Å². The van der Waals surface area contributed by atoms with E-state index in [-0.39, 0.29) is 6.04 Å². The van der Waals surface area contributed by atoms with Crippen molar-refractivity contribution in [2.24, 2.45) is 5.92 Å². The van der Waals surface area contributed by atoms with E-state index in [0.717, 1.165) is 67.1 Å². The summed E-state index contributed by atoms with van der Waals surface area (Å²) in [6.45, 7) is 7.18. The van der Waals surface area contributed by atoms with Gasteiger partial charge < -0.3 is 20.9 Å². The average Bonchev–Trinajstić information content (AvgIpc) is 3.17. The minimum Gasteiger partial charge on any atom is -0.351 e. The molecule has 2 aromatic heterocycles. The van der Waals surface area contributed by atoms with Crippen LogP contribution in [0.2, 0.25) is 0 Å². The van der Waals surface area contributed by atoms with E-state index in [0.29, 0.717) is 30.2 Å². The largest absolute Gasteiger partial charge is 0.351 e. The maximum atomic E-state index is 8.95. The van der Waals surface area contributed by atoms with Crippen LogP contribution in [0, 0.1) is 24.2 Å². The Morgan fingerprint density at radius 3 is 2.73 bits per heavy atom. The summed E-state index contributed by atoms with van der Waals surface area (Å²) in [6, 6.07) is 11.5. The van der Waals surface area contributed by atoms with Crippen LogP contribution < -0.4 is 16.0 Å². The first-order valence-electron chi connectivity index (χ1n) is 13.7. The zero-order valence-electron chi connectivity index (χ0n) is 22.2. The molecule has 2 fully saturated rings. The molecular weight excluding hydrogens is 462 g/mol. The van der Waals surface area contributed by atoms with Gasteiger partial charge in [-0.25, -0.2) is 4.98 Å². The molecule has 3 heterocycles. The molecule has 1 saturated heterocycles. The van der Waals surface area contributed by atoms with E-state index in [1.807, 2.05) is 13.0 Å². The first-order chi connectivity index (χ1) is 18.0. The lowest BCUT2D eigenvalue weighted by Gasteiger charge is -2.36. The Bertz CT molecular complexity index is 1240. The molecule has 1 aliphatic carbocycles. The van der Waals surface area contributed by atoms with Gasteiger partial charge in [-0.3, -0.25) is 5.10 Å². The van der Waals surface area contributed by atoms with Crippen molar-refractivity contribution in [3.05, 3.63) is 35.5 Å². The number of nitrogens with one attached hydrogen (secondary N) is 4. The maximum Gasteiger partial charge on any atom is 0.225 e. The summed E-state index contributed by atoms with van der Waals surface area (Å²) in [5.41, 5.74) is 3.28. The Morgan fingerprint density at radius 1 is 1.14 bits per heavy atom. The van der Waals surface area contributed by atoms with Crippen LogP contribution in [0.15, 0.2) is 24.3 Å². The number of hydrogen-bond donors (Lipinski definition) is 4. The Balaban J connectivity index is 1.43. The predicted octanol–water partition coefficient (Wildman–Crippen LogP) is 4.69. The number of fused-ring (bicyclic) bond motifs is 1. The monoisotopic (exact) mass is 501 g/mol. The van der Waals surface area contributed by atoms with E-state index in [2.05, 4.69) is 69.3 Å². The summed E-state index contributed by atoms with van der Waals surface area (Å²) in [5, 5.41) is 28.0. The van der Waals surface area contributed by atoms with Gasteiger partial charge in [0, 0.05) is 61.2 Å². The van der Waals surface area contributed by atoms with E-state index in [4.69, 9.17) is 15.2 Å². The first-order valence-corrected chi connectivity index (χ1v) is 13.7. The minimum atomic E-state index is 0.272. The Hall–Kier alpha value is -3.22. The molecule has 3 atom stereocenters. The van der Waals surface area contributed by atoms with Crippen LogP contribution in [0.1, 0.15) is 62.6 Å². The highest BCUT2D eigenvalue weighted by Crippen LogP contribution is 2.32. The molecule has 9 nitrogen and oxygen atoms in total. The maximum absolute atomic E-state index is 8.95. The van der Waals surface area contributed by atoms with Crippen molar-refractivity contribution in [2.75, 3.05) is 37.3 Å². The fourth-order valence-electron chi connectivity index (χ4n) is 5.78.